The van der Waals surface area contributed by atoms with Gasteiger partial charge in [-0.1, -0.05) is 213 Å². The molecule has 0 amide bonds. The summed E-state index contributed by atoms with van der Waals surface area (Å²) in [4.78, 5) is 48.5. The van der Waals surface area contributed by atoms with Crippen LogP contribution in [0.1, 0.15) is 226 Å². The number of hydrogen-bond acceptors (Lipinski definition) is 10. The van der Waals surface area contributed by atoms with Gasteiger partial charge in [0.25, 0.3) is 0 Å². The van der Waals surface area contributed by atoms with Crippen molar-refractivity contribution in [2.24, 2.45) is 0 Å². The first kappa shape index (κ1) is 71.9. The predicted molar refractivity (Wildman–Crippen MR) is 316 cm³/mol. The lowest BCUT2D eigenvalue weighted by Gasteiger charge is -2.21. The van der Waals surface area contributed by atoms with Crippen LogP contribution in [0.4, 0.5) is 0 Å². The molecule has 0 bridgehead atoms. The van der Waals surface area contributed by atoms with Crippen molar-refractivity contribution in [2.75, 3.05) is 26.4 Å². The van der Waals surface area contributed by atoms with Gasteiger partial charge in [-0.25, -0.2) is 4.57 Å². The minimum absolute atomic E-state index is 0.0320. The van der Waals surface area contributed by atoms with Crippen molar-refractivity contribution < 1.29 is 52.2 Å². The van der Waals surface area contributed by atoms with Crippen molar-refractivity contribution in [2.45, 2.75) is 238 Å². The third kappa shape index (κ3) is 54.7. The quantitative estimate of drug-likeness (QED) is 0.0197. The number of esters is 3. The molecule has 12 heteroatoms. The van der Waals surface area contributed by atoms with Gasteiger partial charge in [0.05, 0.1) is 19.8 Å². The maximum Gasteiger partial charge on any atom is 0.472 e. The van der Waals surface area contributed by atoms with E-state index in [2.05, 4.69) is 130 Å². The molecule has 0 saturated carbocycles. The van der Waals surface area contributed by atoms with Crippen molar-refractivity contribution in [3.63, 3.8) is 0 Å². The molecule has 0 aliphatic rings. The molecule has 0 heterocycles. The van der Waals surface area contributed by atoms with E-state index in [4.69, 9.17) is 23.3 Å². The Bertz CT molecular complexity index is 1740. The van der Waals surface area contributed by atoms with Crippen molar-refractivity contribution in [3.05, 3.63) is 122 Å². The molecule has 0 aromatic rings. The first-order valence-electron chi connectivity index (χ1n) is 29.4. The topological polar surface area (TPSA) is 155 Å². The normalized spacial score (nSPS) is 14.2. The van der Waals surface area contributed by atoms with Gasteiger partial charge >= 0.3 is 25.7 Å². The van der Waals surface area contributed by atoms with Gasteiger partial charge < -0.3 is 24.2 Å². The average Bonchev–Trinajstić information content (AvgIpc) is 3.41. The van der Waals surface area contributed by atoms with Gasteiger partial charge in [-0.05, 0) is 116 Å². The molecule has 0 spiro atoms. The van der Waals surface area contributed by atoms with Crippen molar-refractivity contribution in [3.8, 4) is 0 Å². The number of carbonyl (C=O) groups excluding carboxylic acids is 3. The van der Waals surface area contributed by atoms with E-state index < -0.39 is 57.8 Å². The van der Waals surface area contributed by atoms with E-state index in [1.807, 2.05) is 12.2 Å². The summed E-state index contributed by atoms with van der Waals surface area (Å²) >= 11 is 0. The summed E-state index contributed by atoms with van der Waals surface area (Å²) in [6.45, 7) is 4.29. The number of carbonyl (C=O) groups is 3. The van der Waals surface area contributed by atoms with E-state index in [0.29, 0.717) is 25.7 Å². The molecular formula is C64H105O11P. The van der Waals surface area contributed by atoms with Gasteiger partial charge in [0.15, 0.2) is 6.10 Å². The van der Waals surface area contributed by atoms with Crippen LogP contribution < -0.4 is 0 Å². The number of allylic oxidation sites excluding steroid dienone is 20. The van der Waals surface area contributed by atoms with Crippen LogP contribution >= 0.6 is 7.82 Å². The van der Waals surface area contributed by atoms with Crippen LogP contribution in [0.2, 0.25) is 0 Å². The lowest BCUT2D eigenvalue weighted by Crippen LogP contribution is -2.30. The van der Waals surface area contributed by atoms with Crippen molar-refractivity contribution in [1.82, 2.24) is 0 Å². The Balaban J connectivity index is 4.87. The van der Waals surface area contributed by atoms with Gasteiger partial charge in [0.1, 0.15) is 12.7 Å². The second-order valence-electron chi connectivity index (χ2n) is 19.0. The van der Waals surface area contributed by atoms with Gasteiger partial charge in [-0.2, -0.15) is 0 Å². The maximum absolute atomic E-state index is 12.9. The molecule has 0 aliphatic carbocycles. The summed E-state index contributed by atoms with van der Waals surface area (Å²) in [6.07, 6.45) is 70.3. The largest absolute Gasteiger partial charge is 0.472 e. The number of hydrogen-bond donors (Lipinski definition) is 2. The smallest absolute Gasteiger partial charge is 0.462 e. The highest BCUT2D eigenvalue weighted by Gasteiger charge is 2.28. The highest BCUT2D eigenvalue weighted by molar-refractivity contribution is 7.47. The van der Waals surface area contributed by atoms with Gasteiger partial charge in [0.2, 0.25) is 0 Å². The molecule has 0 aromatic heterocycles. The second-order valence-corrected chi connectivity index (χ2v) is 20.5. The monoisotopic (exact) mass is 1080 g/mol. The van der Waals surface area contributed by atoms with E-state index in [-0.39, 0.29) is 25.9 Å². The molecule has 432 valence electrons. The van der Waals surface area contributed by atoms with Crippen LogP contribution in [0, 0.1) is 0 Å². The molecule has 0 saturated heterocycles. The van der Waals surface area contributed by atoms with E-state index >= 15 is 0 Å². The van der Waals surface area contributed by atoms with E-state index in [1.165, 1.54) is 38.5 Å². The molecule has 0 fully saturated rings. The van der Waals surface area contributed by atoms with Crippen molar-refractivity contribution in [1.29, 1.82) is 0 Å². The SMILES string of the molecule is CC/C=C\C/C=C\C/C=C\C/C=C\C/C=C\C/C=C\CCC(=O)OC(COC(=O)CCCCCCC/C=C\C/C=C\C/C=C\CC)COP(=O)(O)OCC(CO)OC(=O)CCCCCCC/C=C\CCCCCCCC. The molecule has 3 unspecified atom stereocenters. The Morgan fingerprint density at radius 3 is 1.14 bits per heavy atom. The molecule has 76 heavy (non-hydrogen) atoms. The van der Waals surface area contributed by atoms with Crippen LogP contribution in [0.25, 0.3) is 0 Å². The number of phosphoric acid groups is 1. The fraction of sp³-hybridized carbons (Fsp3) is 0.641. The second kappa shape index (κ2) is 57.1. The van der Waals surface area contributed by atoms with Crippen LogP contribution in [-0.4, -0.2) is 66.5 Å². The lowest BCUT2D eigenvalue weighted by atomic mass is 10.1. The number of aliphatic hydroxyl groups is 1. The third-order valence-corrected chi connectivity index (χ3v) is 12.8. The minimum Gasteiger partial charge on any atom is -0.462 e. The zero-order chi connectivity index (χ0) is 55.5. The third-order valence-electron chi connectivity index (χ3n) is 11.9. The van der Waals surface area contributed by atoms with E-state index in [9.17, 15) is 28.9 Å². The van der Waals surface area contributed by atoms with Crippen LogP contribution in [-0.2, 0) is 42.2 Å². The first-order valence-corrected chi connectivity index (χ1v) is 30.9. The number of ether oxygens (including phenoxy) is 3. The highest BCUT2D eigenvalue weighted by atomic mass is 31.2. The summed E-state index contributed by atoms with van der Waals surface area (Å²) < 4.78 is 39.4. The van der Waals surface area contributed by atoms with Gasteiger partial charge in [-0.3, -0.25) is 23.4 Å². The number of unbranched alkanes of at least 4 members (excludes halogenated alkanes) is 16. The molecule has 0 aliphatic heterocycles. The molecule has 2 N–H and O–H groups in total. The first-order chi connectivity index (χ1) is 37.2. The summed E-state index contributed by atoms with van der Waals surface area (Å²) in [5.74, 6) is -1.61. The molecular weight excluding hydrogens is 976 g/mol. The molecule has 3 atom stereocenters. The number of rotatable bonds is 53. The molecule has 11 nitrogen and oxygen atoms in total. The standard InChI is InChI=1S/C64H105O11P/c1-4-7-10-13-16-19-22-25-28-29-30-31-34-37-40-43-46-49-52-55-64(68)75-61(57-71-62(66)53-50-47-44-41-38-35-32-26-23-20-17-14-11-8-5-2)59-73-76(69,70)72-58-60(56-65)74-63(67)54-51-48-45-42-39-36-33-27-24-21-18-15-12-9-6-3/h7-8,10-11,16-17,19-20,25-28,30-33,37,40,46,49,60-61,65H,4-6,9,12-15,18,21-24,29,34-36,38-39,41-45,47-48,50-59H2,1-3H3,(H,69,70)/b10-7-,11-8-,19-16-,20-17-,28-25-,31-30-,32-26-,33-27-,40-37-,49-46-. The minimum atomic E-state index is -4.78. The summed E-state index contributed by atoms with van der Waals surface area (Å²) in [7, 11) is -4.78. The fourth-order valence-corrected chi connectivity index (χ4v) is 8.23. The molecule has 0 aromatic carbocycles. The zero-order valence-corrected chi connectivity index (χ0v) is 48.6. The lowest BCUT2D eigenvalue weighted by molar-refractivity contribution is -0.161. The van der Waals surface area contributed by atoms with Crippen molar-refractivity contribution >= 4 is 25.7 Å². The Kier molecular flexibility index (Phi) is 54.0. The summed E-state index contributed by atoms with van der Waals surface area (Å²) in [6, 6.07) is 0. The van der Waals surface area contributed by atoms with E-state index in [1.54, 1.807) is 0 Å². The summed E-state index contributed by atoms with van der Waals surface area (Å²) in [5.41, 5.74) is 0. The van der Waals surface area contributed by atoms with Gasteiger partial charge in [0, 0.05) is 19.3 Å². The Labute approximate surface area is 462 Å². The fourth-order valence-electron chi connectivity index (χ4n) is 7.45. The van der Waals surface area contributed by atoms with Crippen LogP contribution in [0.3, 0.4) is 0 Å². The average molecular weight is 1080 g/mol. The molecule has 0 rings (SSSR count). The zero-order valence-electron chi connectivity index (χ0n) is 47.7. The van der Waals surface area contributed by atoms with Crippen LogP contribution in [0.15, 0.2) is 122 Å². The Morgan fingerprint density at radius 1 is 0.382 bits per heavy atom. The van der Waals surface area contributed by atoms with Crippen LogP contribution in [0.5, 0.6) is 0 Å². The number of phosphoric ester groups is 1. The molecule has 0 radical (unpaired) electrons. The summed E-state index contributed by atoms with van der Waals surface area (Å²) in [5, 5.41) is 9.82. The highest BCUT2D eigenvalue weighted by Crippen LogP contribution is 2.43. The Morgan fingerprint density at radius 2 is 0.711 bits per heavy atom. The number of aliphatic hydroxyl groups excluding tert-OH is 1. The van der Waals surface area contributed by atoms with Gasteiger partial charge in [-0.15, -0.1) is 0 Å². The maximum atomic E-state index is 12.9. The Hall–Kier alpha value is -4.12. The van der Waals surface area contributed by atoms with E-state index in [0.717, 1.165) is 122 Å². The predicted octanol–water partition coefficient (Wildman–Crippen LogP) is 17.6.